The van der Waals surface area contributed by atoms with E-state index in [1.54, 1.807) is 6.07 Å². The molecule has 3 aromatic rings. The second kappa shape index (κ2) is 18.4. The third kappa shape index (κ3) is 9.97. The molecule has 6 N–H and O–H groups in total. The molecule has 2 aromatic heterocycles. The van der Waals surface area contributed by atoms with E-state index in [1.165, 1.54) is 17.5 Å². The Hall–Kier alpha value is -4.95. The second-order valence-corrected chi connectivity index (χ2v) is 14.1. The molecule has 54 heavy (non-hydrogen) atoms. The number of carboxylic acids is 3. The van der Waals surface area contributed by atoms with E-state index in [2.05, 4.69) is 40.7 Å². The lowest BCUT2D eigenvalue weighted by atomic mass is 9.56. The molecule has 20 heteroatoms. The number of carbonyl (C=O) groups excluding carboxylic acids is 2. The molecule has 290 valence electrons. The number of piperazine rings is 1. The van der Waals surface area contributed by atoms with Gasteiger partial charge in [-0.1, -0.05) is 35.1 Å². The summed E-state index contributed by atoms with van der Waals surface area (Å²) in [6, 6.07) is 7.26. The average molecular weight is 789 g/mol. The molecule has 1 saturated heterocycles. The summed E-state index contributed by atoms with van der Waals surface area (Å²) < 4.78 is 11.1. The minimum Gasteiger partial charge on any atom is -0.481 e. The Bertz CT molecular complexity index is 1810. The van der Waals surface area contributed by atoms with Gasteiger partial charge in [-0.05, 0) is 25.5 Å². The van der Waals surface area contributed by atoms with Crippen LogP contribution in [0.1, 0.15) is 21.1 Å². The zero-order valence-corrected chi connectivity index (χ0v) is 31.1. The Morgan fingerprint density at radius 1 is 0.889 bits per heavy atom. The third-order valence-corrected chi connectivity index (χ3v) is 10.3. The van der Waals surface area contributed by atoms with E-state index in [0.29, 0.717) is 52.1 Å². The highest BCUT2D eigenvalue weighted by atomic mass is 35.5. The van der Waals surface area contributed by atoms with Crippen molar-refractivity contribution in [2.24, 2.45) is 23.7 Å². The number of anilines is 4. The van der Waals surface area contributed by atoms with Crippen LogP contribution in [0.25, 0.3) is 0 Å². The van der Waals surface area contributed by atoms with Gasteiger partial charge in [-0.2, -0.15) is 0 Å². The number of ether oxygens (including phenoxy) is 2. The SMILES string of the molecule is Cc1nc(Nc2ncc(C(=O)Nc3c(C)cccc3Cl)s2)cc(N2CCN(CCOCCOCCNC(=O)C3C(C(=O)O)C(C(=O)O)C3C(=O)O)CC2)n1. The van der Waals surface area contributed by atoms with E-state index < -0.39 is 47.5 Å². The number of thiazole rings is 1. The number of aromatic nitrogens is 3. The number of hydrogen-bond donors (Lipinski definition) is 6. The van der Waals surface area contributed by atoms with E-state index >= 15 is 0 Å². The number of rotatable bonds is 18. The molecule has 3 heterocycles. The quantitative estimate of drug-likeness (QED) is 0.101. The Morgan fingerprint density at radius 3 is 2.19 bits per heavy atom. The molecule has 0 radical (unpaired) electrons. The smallest absolute Gasteiger partial charge is 0.308 e. The molecule has 1 saturated carbocycles. The van der Waals surface area contributed by atoms with Gasteiger partial charge in [-0.3, -0.25) is 28.9 Å². The standard InChI is InChI=1S/C34H41ClN8O10S/c1-18-4-3-5-20(35)28(18)41-29(44)21-17-37-34(54-21)40-22-16-23(39-19(2)38-22)43-9-7-42(8-10-43)11-13-53-15-14-52-12-6-36-30(45)24-25(31(46)47)27(33(50)51)26(24)32(48)49/h3-5,16-17,24-27H,6-15H2,1-2H3,(H,36,45)(H,41,44)(H,46,47)(H,48,49)(H,50,51)(H,37,38,39,40). The van der Waals surface area contributed by atoms with Crippen molar-refractivity contribution in [1.29, 1.82) is 0 Å². The lowest BCUT2D eigenvalue weighted by Crippen LogP contribution is -2.62. The summed E-state index contributed by atoms with van der Waals surface area (Å²) >= 11 is 7.46. The number of hydrogen-bond acceptors (Lipinski definition) is 14. The normalized spacial score (nSPS) is 19.8. The predicted octanol–water partition coefficient (Wildman–Crippen LogP) is 2.20. The molecular formula is C34H41ClN8O10S. The Balaban J connectivity index is 0.969. The van der Waals surface area contributed by atoms with E-state index in [-0.39, 0.29) is 25.7 Å². The van der Waals surface area contributed by atoms with Crippen LogP contribution < -0.4 is 20.9 Å². The summed E-state index contributed by atoms with van der Waals surface area (Å²) in [4.78, 5) is 78.0. The maximum atomic E-state index is 12.9. The molecule has 2 fully saturated rings. The van der Waals surface area contributed by atoms with Crippen LogP contribution in [-0.4, -0.2) is 131 Å². The first-order chi connectivity index (χ1) is 25.8. The van der Waals surface area contributed by atoms with Gasteiger partial charge in [0.2, 0.25) is 5.91 Å². The molecule has 0 spiro atoms. The predicted molar refractivity (Wildman–Crippen MR) is 196 cm³/mol. The number of para-hydroxylation sites is 1. The molecule has 5 rings (SSSR count). The van der Waals surface area contributed by atoms with E-state index in [9.17, 15) is 39.3 Å². The minimum absolute atomic E-state index is 0.00493. The number of carboxylic acid groups (broad SMARTS) is 3. The molecule has 2 aliphatic rings. The number of benzene rings is 1. The van der Waals surface area contributed by atoms with E-state index in [4.69, 9.17) is 21.1 Å². The first-order valence-corrected chi connectivity index (χ1v) is 18.3. The molecule has 2 amide bonds. The summed E-state index contributed by atoms with van der Waals surface area (Å²) in [6.45, 7) is 8.56. The van der Waals surface area contributed by atoms with Crippen molar-refractivity contribution in [2.75, 3.05) is 81.2 Å². The van der Waals surface area contributed by atoms with Crippen LogP contribution in [0.5, 0.6) is 0 Å². The van der Waals surface area contributed by atoms with Gasteiger partial charge in [-0.25, -0.2) is 15.0 Å². The number of aliphatic carboxylic acids is 3. The second-order valence-electron chi connectivity index (χ2n) is 12.7. The summed E-state index contributed by atoms with van der Waals surface area (Å²) in [6.07, 6.45) is 1.50. The maximum Gasteiger partial charge on any atom is 0.308 e. The lowest BCUT2D eigenvalue weighted by Gasteiger charge is -2.43. The third-order valence-electron chi connectivity index (χ3n) is 9.12. The minimum atomic E-state index is -1.67. The molecule has 1 aliphatic carbocycles. The van der Waals surface area contributed by atoms with Crippen LogP contribution in [0.4, 0.5) is 22.5 Å². The van der Waals surface area contributed by atoms with Crippen LogP contribution in [0, 0.1) is 37.5 Å². The van der Waals surface area contributed by atoms with Gasteiger partial charge in [-0.15, -0.1) is 0 Å². The lowest BCUT2D eigenvalue weighted by molar-refractivity contribution is -0.187. The summed E-state index contributed by atoms with van der Waals surface area (Å²) in [5, 5.41) is 37.4. The molecular weight excluding hydrogens is 748 g/mol. The van der Waals surface area contributed by atoms with E-state index in [0.717, 1.165) is 37.6 Å². The van der Waals surface area contributed by atoms with Crippen molar-refractivity contribution in [3.63, 3.8) is 0 Å². The molecule has 1 aliphatic heterocycles. The van der Waals surface area contributed by atoms with Crippen molar-refractivity contribution >= 4 is 75.1 Å². The number of nitrogens with zero attached hydrogens (tertiary/aromatic N) is 5. The van der Waals surface area contributed by atoms with Crippen molar-refractivity contribution in [2.45, 2.75) is 13.8 Å². The van der Waals surface area contributed by atoms with Crippen LogP contribution in [0.2, 0.25) is 5.02 Å². The zero-order valence-electron chi connectivity index (χ0n) is 29.5. The van der Waals surface area contributed by atoms with Gasteiger partial charge in [0.25, 0.3) is 5.91 Å². The van der Waals surface area contributed by atoms with Gasteiger partial charge in [0, 0.05) is 45.3 Å². The first kappa shape index (κ1) is 40.2. The molecule has 18 nitrogen and oxygen atoms in total. The largest absolute Gasteiger partial charge is 0.481 e. The van der Waals surface area contributed by atoms with Crippen LogP contribution >= 0.6 is 22.9 Å². The molecule has 2 atom stereocenters. The Kier molecular flexibility index (Phi) is 13.7. The van der Waals surface area contributed by atoms with Gasteiger partial charge in [0.15, 0.2) is 5.13 Å². The van der Waals surface area contributed by atoms with Crippen molar-refractivity contribution in [1.82, 2.24) is 25.2 Å². The number of carbonyl (C=O) groups is 5. The number of aryl methyl sites for hydroxylation is 2. The summed E-state index contributed by atoms with van der Waals surface area (Å²) in [7, 11) is 0. The highest BCUT2D eigenvalue weighted by molar-refractivity contribution is 7.17. The van der Waals surface area contributed by atoms with Crippen LogP contribution in [-0.2, 0) is 28.7 Å². The van der Waals surface area contributed by atoms with Gasteiger partial charge < -0.3 is 45.6 Å². The fourth-order valence-corrected chi connectivity index (χ4v) is 7.35. The summed E-state index contributed by atoms with van der Waals surface area (Å²) in [5.74, 6) is -10.2. The fraction of sp³-hybridized carbons (Fsp3) is 0.471. The zero-order chi connectivity index (χ0) is 38.9. The van der Waals surface area contributed by atoms with Gasteiger partial charge >= 0.3 is 17.9 Å². The number of nitrogens with one attached hydrogen (secondary N) is 3. The highest BCUT2D eigenvalue weighted by Crippen LogP contribution is 2.47. The Morgan fingerprint density at radius 2 is 1.54 bits per heavy atom. The molecule has 2 unspecified atom stereocenters. The van der Waals surface area contributed by atoms with E-state index in [1.807, 2.05) is 32.0 Å². The van der Waals surface area contributed by atoms with Gasteiger partial charge in [0.1, 0.15) is 22.3 Å². The topological polar surface area (TPSA) is 246 Å². The maximum absolute atomic E-state index is 12.9. The molecule has 0 bridgehead atoms. The fourth-order valence-electron chi connectivity index (χ4n) is 6.37. The Labute approximate surface area is 318 Å². The number of amides is 2. The van der Waals surface area contributed by atoms with Crippen molar-refractivity contribution in [3.8, 4) is 0 Å². The summed E-state index contributed by atoms with van der Waals surface area (Å²) in [5.41, 5.74) is 1.41. The molecule has 1 aromatic carbocycles. The average Bonchev–Trinajstić information content (AvgIpc) is 3.56. The number of halogens is 1. The van der Waals surface area contributed by atoms with Gasteiger partial charge in [0.05, 0.1) is 67.0 Å². The van der Waals surface area contributed by atoms with Crippen LogP contribution in [0.3, 0.4) is 0 Å². The monoisotopic (exact) mass is 788 g/mol. The first-order valence-electron chi connectivity index (χ1n) is 17.1. The van der Waals surface area contributed by atoms with Crippen molar-refractivity contribution < 1.29 is 48.8 Å². The highest BCUT2D eigenvalue weighted by Gasteiger charge is 2.64. The van der Waals surface area contributed by atoms with Crippen LogP contribution in [0.15, 0.2) is 30.5 Å². The van der Waals surface area contributed by atoms with Crippen molar-refractivity contribution in [3.05, 3.63) is 51.7 Å².